The highest BCUT2D eigenvalue weighted by Crippen LogP contribution is 2.03. The van der Waals surface area contributed by atoms with Crippen molar-refractivity contribution in [1.29, 1.82) is 0 Å². The number of hydrogen-bond donors (Lipinski definition) is 2. The van der Waals surface area contributed by atoms with Crippen molar-refractivity contribution in [3.8, 4) is 0 Å². The number of hydrogen-bond acceptors (Lipinski definition) is 2. The zero-order chi connectivity index (χ0) is 13.5. The molecule has 1 heterocycles. The fourth-order valence-corrected chi connectivity index (χ4v) is 1.70. The Morgan fingerprint density at radius 3 is 2.72 bits per heavy atom. The van der Waals surface area contributed by atoms with Crippen molar-refractivity contribution in [3.05, 3.63) is 33.7 Å². The maximum atomic E-state index is 11.8. The maximum absolute atomic E-state index is 11.8. The number of unbranched alkanes of at least 4 members (excludes halogenated alkanes) is 1. The van der Waals surface area contributed by atoms with Gasteiger partial charge >= 0.3 is 6.03 Å². The molecule has 0 unspecified atom stereocenters. The molecule has 0 atom stereocenters. The Labute approximate surface area is 107 Å². The van der Waals surface area contributed by atoms with Gasteiger partial charge in [-0.2, -0.15) is 0 Å². The third kappa shape index (κ3) is 3.91. The number of aryl methyl sites for hydroxylation is 1. The van der Waals surface area contributed by atoms with Crippen LogP contribution in [0.4, 0.5) is 4.79 Å². The molecule has 18 heavy (non-hydrogen) atoms. The molecule has 2 amide bonds. The minimum Gasteiger partial charge on any atom is -0.341 e. The van der Waals surface area contributed by atoms with Crippen LogP contribution in [0.25, 0.3) is 0 Å². The third-order valence-corrected chi connectivity index (χ3v) is 2.82. The second-order valence-electron chi connectivity index (χ2n) is 4.35. The molecule has 0 aromatic carbocycles. The fourth-order valence-electron chi connectivity index (χ4n) is 1.70. The average Bonchev–Trinajstić information content (AvgIpc) is 2.38. The average molecular weight is 251 g/mol. The summed E-state index contributed by atoms with van der Waals surface area (Å²) in [6, 6.07) is 3.51. The van der Waals surface area contributed by atoms with Crippen LogP contribution in [-0.2, 0) is 13.0 Å². The number of carbonyl (C=O) groups excluding carboxylic acids is 1. The lowest BCUT2D eigenvalue weighted by Gasteiger charge is -2.16. The molecule has 0 bridgehead atoms. The number of pyridine rings is 1. The third-order valence-electron chi connectivity index (χ3n) is 2.82. The highest BCUT2D eigenvalue weighted by molar-refractivity contribution is 5.73. The second-order valence-corrected chi connectivity index (χ2v) is 4.35. The number of H-pyrrole nitrogens is 1. The predicted molar refractivity (Wildman–Crippen MR) is 71.6 cm³/mol. The summed E-state index contributed by atoms with van der Waals surface area (Å²) in [5, 5.41) is 2.52. The van der Waals surface area contributed by atoms with E-state index in [2.05, 4.69) is 17.2 Å². The van der Waals surface area contributed by atoms with Gasteiger partial charge in [0.25, 0.3) is 5.56 Å². The highest BCUT2D eigenvalue weighted by atomic mass is 16.2. The first-order valence-corrected chi connectivity index (χ1v) is 6.22. The SMILES string of the molecule is CCCCc1ccc(CN(C)C(=O)NC)c(=O)[nH]1. The predicted octanol–water partition coefficient (Wildman–Crippen LogP) is 1.49. The minimum atomic E-state index is -0.204. The number of nitrogens with zero attached hydrogens (tertiary/aromatic N) is 1. The molecule has 0 saturated carbocycles. The van der Waals surface area contributed by atoms with Gasteiger partial charge in [0.15, 0.2) is 0 Å². The van der Waals surface area contributed by atoms with Gasteiger partial charge < -0.3 is 15.2 Å². The van der Waals surface area contributed by atoms with Crippen molar-refractivity contribution in [2.45, 2.75) is 32.7 Å². The lowest BCUT2D eigenvalue weighted by atomic mass is 10.1. The van der Waals surface area contributed by atoms with Crippen LogP contribution in [-0.4, -0.2) is 30.0 Å². The van der Waals surface area contributed by atoms with Crippen molar-refractivity contribution in [1.82, 2.24) is 15.2 Å². The Morgan fingerprint density at radius 1 is 1.44 bits per heavy atom. The number of carbonyl (C=O) groups is 1. The maximum Gasteiger partial charge on any atom is 0.317 e. The summed E-state index contributed by atoms with van der Waals surface area (Å²) in [7, 11) is 3.22. The first-order chi connectivity index (χ1) is 8.58. The van der Waals surface area contributed by atoms with E-state index in [0.717, 1.165) is 25.0 Å². The van der Waals surface area contributed by atoms with Crippen LogP contribution < -0.4 is 10.9 Å². The van der Waals surface area contributed by atoms with E-state index in [1.165, 1.54) is 4.90 Å². The smallest absolute Gasteiger partial charge is 0.317 e. The van der Waals surface area contributed by atoms with Crippen molar-refractivity contribution >= 4 is 6.03 Å². The first kappa shape index (κ1) is 14.3. The molecule has 0 spiro atoms. The lowest BCUT2D eigenvalue weighted by Crippen LogP contribution is -2.35. The molecule has 0 radical (unpaired) electrons. The van der Waals surface area contributed by atoms with Crippen LogP contribution >= 0.6 is 0 Å². The normalized spacial score (nSPS) is 10.2. The van der Waals surface area contributed by atoms with Gasteiger partial charge in [-0.25, -0.2) is 4.79 Å². The van der Waals surface area contributed by atoms with E-state index in [1.54, 1.807) is 20.2 Å². The van der Waals surface area contributed by atoms with Crippen LogP contribution in [0.3, 0.4) is 0 Å². The fraction of sp³-hybridized carbons (Fsp3) is 0.538. The van der Waals surface area contributed by atoms with Gasteiger partial charge in [-0.1, -0.05) is 19.4 Å². The molecule has 0 aliphatic carbocycles. The largest absolute Gasteiger partial charge is 0.341 e. The molecule has 2 N–H and O–H groups in total. The number of aromatic nitrogens is 1. The van der Waals surface area contributed by atoms with E-state index in [9.17, 15) is 9.59 Å². The number of urea groups is 1. The van der Waals surface area contributed by atoms with Gasteiger partial charge in [-0.3, -0.25) is 4.79 Å². The molecular weight excluding hydrogens is 230 g/mol. The van der Waals surface area contributed by atoms with Gasteiger partial charge in [0, 0.05) is 25.4 Å². The van der Waals surface area contributed by atoms with E-state index in [0.29, 0.717) is 12.1 Å². The molecule has 5 heteroatoms. The molecule has 0 aliphatic rings. The van der Waals surface area contributed by atoms with E-state index in [1.807, 2.05) is 6.07 Å². The van der Waals surface area contributed by atoms with Crippen LogP contribution in [0.1, 0.15) is 31.0 Å². The summed E-state index contributed by atoms with van der Waals surface area (Å²) in [6.45, 7) is 2.42. The summed E-state index contributed by atoms with van der Waals surface area (Å²) < 4.78 is 0. The molecule has 0 saturated heterocycles. The molecule has 1 aromatic heterocycles. The first-order valence-electron chi connectivity index (χ1n) is 6.22. The van der Waals surface area contributed by atoms with E-state index < -0.39 is 0 Å². The van der Waals surface area contributed by atoms with Gasteiger partial charge in [-0.15, -0.1) is 0 Å². The van der Waals surface area contributed by atoms with E-state index in [-0.39, 0.29) is 11.6 Å². The van der Waals surface area contributed by atoms with Crippen molar-refractivity contribution in [3.63, 3.8) is 0 Å². The molecule has 1 aromatic rings. The monoisotopic (exact) mass is 251 g/mol. The van der Waals surface area contributed by atoms with Gasteiger partial charge in [0.1, 0.15) is 0 Å². The number of amides is 2. The van der Waals surface area contributed by atoms with Crippen LogP contribution in [0.15, 0.2) is 16.9 Å². The Kier molecular flexibility index (Phi) is 5.42. The van der Waals surface area contributed by atoms with Crippen molar-refractivity contribution < 1.29 is 4.79 Å². The zero-order valence-electron chi connectivity index (χ0n) is 11.2. The van der Waals surface area contributed by atoms with Crippen molar-refractivity contribution in [2.75, 3.05) is 14.1 Å². The Morgan fingerprint density at radius 2 is 2.17 bits per heavy atom. The molecule has 0 fully saturated rings. The Hall–Kier alpha value is -1.78. The zero-order valence-corrected chi connectivity index (χ0v) is 11.2. The minimum absolute atomic E-state index is 0.112. The summed E-state index contributed by atoms with van der Waals surface area (Å²) in [6.07, 6.45) is 3.05. The highest BCUT2D eigenvalue weighted by Gasteiger charge is 2.09. The molecule has 0 aliphatic heterocycles. The van der Waals surface area contributed by atoms with E-state index >= 15 is 0 Å². The van der Waals surface area contributed by atoms with Crippen LogP contribution in [0.2, 0.25) is 0 Å². The Bertz CT molecular complexity index is 454. The molecule has 100 valence electrons. The molecule has 1 rings (SSSR count). The topological polar surface area (TPSA) is 65.2 Å². The van der Waals surface area contributed by atoms with Crippen molar-refractivity contribution in [2.24, 2.45) is 0 Å². The molecular formula is C13H21N3O2. The van der Waals surface area contributed by atoms with Crippen LogP contribution in [0, 0.1) is 0 Å². The summed E-state index contributed by atoms with van der Waals surface area (Å²) in [5.41, 5.74) is 1.44. The van der Waals surface area contributed by atoms with Gasteiger partial charge in [-0.05, 0) is 18.9 Å². The summed E-state index contributed by atoms with van der Waals surface area (Å²) in [5.74, 6) is 0. The second kappa shape index (κ2) is 6.83. The van der Waals surface area contributed by atoms with Crippen LogP contribution in [0.5, 0.6) is 0 Å². The summed E-state index contributed by atoms with van der Waals surface area (Å²) in [4.78, 5) is 27.5. The van der Waals surface area contributed by atoms with Gasteiger partial charge in [0.05, 0.1) is 6.54 Å². The number of aromatic amines is 1. The van der Waals surface area contributed by atoms with E-state index in [4.69, 9.17) is 0 Å². The lowest BCUT2D eigenvalue weighted by molar-refractivity contribution is 0.209. The summed E-state index contributed by atoms with van der Waals surface area (Å²) >= 11 is 0. The Balaban J connectivity index is 2.74. The quantitative estimate of drug-likeness (QED) is 0.832. The standard InChI is InChI=1S/C13H21N3O2/c1-4-5-6-11-8-7-10(12(17)15-11)9-16(3)13(18)14-2/h7-8H,4-6,9H2,1-3H3,(H,14,18)(H,15,17). The molecule has 5 nitrogen and oxygen atoms in total. The number of rotatable bonds is 5. The number of nitrogens with one attached hydrogen (secondary N) is 2. The van der Waals surface area contributed by atoms with Gasteiger partial charge in [0.2, 0.25) is 0 Å².